The van der Waals surface area contributed by atoms with Crippen molar-refractivity contribution in [1.82, 2.24) is 4.90 Å². The molecule has 0 aromatic heterocycles. The van der Waals surface area contributed by atoms with E-state index in [1.165, 1.54) is 0 Å². The number of amides is 1. The Balaban J connectivity index is 0.00000196. The molecule has 3 nitrogen and oxygen atoms in total. The van der Waals surface area contributed by atoms with Crippen LogP contribution >= 0.6 is 24.2 Å². The molecule has 0 aliphatic carbocycles. The lowest BCUT2D eigenvalue weighted by Gasteiger charge is -2.30. The zero-order valence-electron chi connectivity index (χ0n) is 9.44. The Morgan fingerprint density at radius 3 is 2.47 bits per heavy atom. The van der Waals surface area contributed by atoms with Gasteiger partial charge in [-0.2, -0.15) is 11.8 Å². The molecule has 2 N–H and O–H groups in total. The van der Waals surface area contributed by atoms with Gasteiger partial charge in [-0.05, 0) is 5.92 Å². The number of rotatable bonds is 3. The predicted molar refractivity (Wildman–Crippen MR) is 68.6 cm³/mol. The molecule has 1 saturated heterocycles. The van der Waals surface area contributed by atoms with Gasteiger partial charge in [-0.3, -0.25) is 4.79 Å². The van der Waals surface area contributed by atoms with Crippen LogP contribution in [0.25, 0.3) is 0 Å². The Labute approximate surface area is 103 Å². The second-order valence-corrected chi connectivity index (χ2v) is 5.07. The normalized spacial score (nSPS) is 20.3. The quantitative estimate of drug-likeness (QED) is 0.825. The van der Waals surface area contributed by atoms with Gasteiger partial charge in [0, 0.05) is 24.6 Å². The van der Waals surface area contributed by atoms with E-state index in [9.17, 15) is 4.79 Å². The average Bonchev–Trinajstić information content (AvgIpc) is 2.27. The first kappa shape index (κ1) is 15.1. The largest absolute Gasteiger partial charge is 0.340 e. The van der Waals surface area contributed by atoms with Crippen LogP contribution in [-0.4, -0.2) is 41.4 Å². The van der Waals surface area contributed by atoms with Crippen molar-refractivity contribution >= 4 is 30.1 Å². The molecule has 1 amide bonds. The summed E-state index contributed by atoms with van der Waals surface area (Å²) in [6.45, 7) is 5.85. The van der Waals surface area contributed by atoms with Crippen molar-refractivity contribution in [3.05, 3.63) is 0 Å². The van der Waals surface area contributed by atoms with Crippen molar-refractivity contribution in [2.24, 2.45) is 11.7 Å². The minimum absolute atomic E-state index is 0. The standard InChI is InChI=1S/C10H20N2OS.ClH/c1-3-8(2)9(11)10(13)12-4-6-14-7-5-12;/h8-9H,3-7,11H2,1-2H3;1H. The first-order valence-corrected chi connectivity index (χ1v) is 6.44. The van der Waals surface area contributed by atoms with Crippen LogP contribution in [0.2, 0.25) is 0 Å². The van der Waals surface area contributed by atoms with Crippen molar-refractivity contribution in [2.75, 3.05) is 24.6 Å². The molecule has 5 heteroatoms. The first-order chi connectivity index (χ1) is 6.66. The highest BCUT2D eigenvalue weighted by molar-refractivity contribution is 7.99. The lowest BCUT2D eigenvalue weighted by molar-refractivity contribution is -0.133. The van der Waals surface area contributed by atoms with Gasteiger partial charge < -0.3 is 10.6 Å². The second-order valence-electron chi connectivity index (χ2n) is 3.85. The predicted octanol–water partition coefficient (Wildman–Crippen LogP) is 1.36. The van der Waals surface area contributed by atoms with Crippen LogP contribution in [-0.2, 0) is 4.79 Å². The number of thioether (sulfide) groups is 1. The number of carbonyl (C=O) groups excluding carboxylic acids is 1. The smallest absolute Gasteiger partial charge is 0.239 e. The fourth-order valence-electron chi connectivity index (χ4n) is 1.49. The van der Waals surface area contributed by atoms with Gasteiger partial charge in [-0.1, -0.05) is 20.3 Å². The Kier molecular flexibility index (Phi) is 7.40. The fourth-order valence-corrected chi connectivity index (χ4v) is 2.39. The molecule has 90 valence electrons. The van der Waals surface area contributed by atoms with E-state index in [1.54, 1.807) is 0 Å². The summed E-state index contributed by atoms with van der Waals surface area (Å²) in [4.78, 5) is 13.8. The zero-order chi connectivity index (χ0) is 10.6. The highest BCUT2D eigenvalue weighted by Gasteiger charge is 2.25. The first-order valence-electron chi connectivity index (χ1n) is 5.29. The van der Waals surface area contributed by atoms with Crippen molar-refractivity contribution in [3.8, 4) is 0 Å². The molecule has 0 spiro atoms. The molecule has 0 aromatic carbocycles. The summed E-state index contributed by atoms with van der Waals surface area (Å²) >= 11 is 1.91. The Bertz CT molecular complexity index is 194. The molecule has 1 aliphatic rings. The van der Waals surface area contributed by atoms with Crippen molar-refractivity contribution < 1.29 is 4.79 Å². The van der Waals surface area contributed by atoms with Crippen LogP contribution in [0.15, 0.2) is 0 Å². The number of carbonyl (C=O) groups is 1. The third-order valence-corrected chi connectivity index (χ3v) is 3.81. The SMILES string of the molecule is CCC(C)C(N)C(=O)N1CCSCC1.Cl. The molecule has 0 aromatic rings. The summed E-state index contributed by atoms with van der Waals surface area (Å²) in [5, 5.41) is 0. The van der Waals surface area contributed by atoms with Crippen LogP contribution in [0.3, 0.4) is 0 Å². The van der Waals surface area contributed by atoms with Crippen LogP contribution in [0.1, 0.15) is 20.3 Å². The van der Waals surface area contributed by atoms with Gasteiger partial charge in [0.25, 0.3) is 0 Å². The maximum Gasteiger partial charge on any atom is 0.239 e. The average molecular weight is 253 g/mol. The number of nitrogens with zero attached hydrogens (tertiary/aromatic N) is 1. The minimum atomic E-state index is -0.303. The summed E-state index contributed by atoms with van der Waals surface area (Å²) < 4.78 is 0. The van der Waals surface area contributed by atoms with E-state index in [4.69, 9.17) is 5.73 Å². The highest BCUT2D eigenvalue weighted by atomic mass is 35.5. The monoisotopic (exact) mass is 252 g/mol. The summed E-state index contributed by atoms with van der Waals surface area (Å²) in [5.74, 6) is 2.54. The minimum Gasteiger partial charge on any atom is -0.340 e. The van der Waals surface area contributed by atoms with Gasteiger partial charge in [-0.25, -0.2) is 0 Å². The topological polar surface area (TPSA) is 46.3 Å². The second kappa shape index (κ2) is 7.36. The molecule has 0 radical (unpaired) electrons. The fraction of sp³-hybridized carbons (Fsp3) is 0.900. The van der Waals surface area contributed by atoms with Gasteiger partial charge in [0.15, 0.2) is 0 Å². The van der Waals surface area contributed by atoms with E-state index in [1.807, 2.05) is 23.6 Å². The highest BCUT2D eigenvalue weighted by Crippen LogP contribution is 2.13. The molecular formula is C10H21ClN2OS. The maximum atomic E-state index is 11.9. The molecular weight excluding hydrogens is 232 g/mol. The molecule has 1 heterocycles. The summed E-state index contributed by atoms with van der Waals surface area (Å²) in [6, 6.07) is -0.303. The molecule has 1 aliphatic heterocycles. The number of hydrogen-bond donors (Lipinski definition) is 1. The van der Waals surface area contributed by atoms with Crippen molar-refractivity contribution in [1.29, 1.82) is 0 Å². The van der Waals surface area contributed by atoms with E-state index >= 15 is 0 Å². The lowest BCUT2D eigenvalue weighted by Crippen LogP contribution is -2.49. The molecule has 15 heavy (non-hydrogen) atoms. The number of hydrogen-bond acceptors (Lipinski definition) is 3. The van der Waals surface area contributed by atoms with Gasteiger partial charge in [-0.15, -0.1) is 12.4 Å². The van der Waals surface area contributed by atoms with E-state index in [-0.39, 0.29) is 30.3 Å². The molecule has 2 unspecified atom stereocenters. The van der Waals surface area contributed by atoms with E-state index < -0.39 is 0 Å². The summed E-state index contributed by atoms with van der Waals surface area (Å²) in [5.41, 5.74) is 5.90. The summed E-state index contributed by atoms with van der Waals surface area (Å²) in [6.07, 6.45) is 0.968. The Hall–Kier alpha value is 0.0700. The Morgan fingerprint density at radius 2 is 2.00 bits per heavy atom. The van der Waals surface area contributed by atoms with Crippen LogP contribution < -0.4 is 5.73 Å². The van der Waals surface area contributed by atoms with Gasteiger partial charge >= 0.3 is 0 Å². The summed E-state index contributed by atoms with van der Waals surface area (Å²) in [7, 11) is 0. The molecule has 1 rings (SSSR count). The lowest BCUT2D eigenvalue weighted by atomic mass is 9.99. The zero-order valence-corrected chi connectivity index (χ0v) is 11.1. The molecule has 2 atom stereocenters. The van der Waals surface area contributed by atoms with Crippen LogP contribution in [0.5, 0.6) is 0 Å². The van der Waals surface area contributed by atoms with E-state index in [0.717, 1.165) is 31.0 Å². The maximum absolute atomic E-state index is 11.9. The van der Waals surface area contributed by atoms with Gasteiger partial charge in [0.05, 0.1) is 6.04 Å². The van der Waals surface area contributed by atoms with Crippen molar-refractivity contribution in [2.45, 2.75) is 26.3 Å². The van der Waals surface area contributed by atoms with E-state index in [0.29, 0.717) is 0 Å². The molecule has 1 fully saturated rings. The van der Waals surface area contributed by atoms with Gasteiger partial charge in [0.2, 0.25) is 5.91 Å². The third kappa shape index (κ3) is 4.21. The number of halogens is 1. The molecule has 0 saturated carbocycles. The van der Waals surface area contributed by atoms with Gasteiger partial charge in [0.1, 0.15) is 0 Å². The van der Waals surface area contributed by atoms with E-state index in [2.05, 4.69) is 6.92 Å². The molecule has 0 bridgehead atoms. The van der Waals surface area contributed by atoms with Crippen LogP contribution in [0.4, 0.5) is 0 Å². The van der Waals surface area contributed by atoms with Crippen LogP contribution in [0, 0.1) is 5.92 Å². The van der Waals surface area contributed by atoms with Crippen molar-refractivity contribution in [3.63, 3.8) is 0 Å². The third-order valence-electron chi connectivity index (χ3n) is 2.86. The Morgan fingerprint density at radius 1 is 1.47 bits per heavy atom. The number of nitrogens with two attached hydrogens (primary N) is 1.